The summed E-state index contributed by atoms with van der Waals surface area (Å²) in [5, 5.41) is 11.4. The van der Waals surface area contributed by atoms with Crippen molar-refractivity contribution in [1.29, 1.82) is 0 Å². The zero-order valence-corrected chi connectivity index (χ0v) is 9.71. The Bertz CT molecular complexity index is 459. The Hall–Kier alpha value is -1.72. The van der Waals surface area contributed by atoms with Gasteiger partial charge >= 0.3 is 0 Å². The van der Waals surface area contributed by atoms with Crippen LogP contribution < -0.4 is 0 Å². The van der Waals surface area contributed by atoms with Crippen LogP contribution in [0.4, 0.5) is 0 Å². The minimum absolute atomic E-state index is 0.348. The topological polar surface area (TPSA) is 69.6 Å². The minimum atomic E-state index is 0.348. The first kappa shape index (κ1) is 10.8. The van der Waals surface area contributed by atoms with Gasteiger partial charge in [0.05, 0.1) is 6.20 Å². The Morgan fingerprint density at radius 3 is 2.88 bits per heavy atom. The van der Waals surface area contributed by atoms with Crippen LogP contribution in [0.25, 0.3) is 0 Å². The summed E-state index contributed by atoms with van der Waals surface area (Å²) in [7, 11) is 0. The summed E-state index contributed by atoms with van der Waals surface area (Å²) in [6, 6.07) is 0. The van der Waals surface area contributed by atoms with Crippen molar-refractivity contribution >= 4 is 0 Å². The van der Waals surface area contributed by atoms with Gasteiger partial charge in [0.15, 0.2) is 5.82 Å². The van der Waals surface area contributed by atoms with Crippen molar-refractivity contribution in [3.8, 4) is 0 Å². The average molecular weight is 221 g/mol. The monoisotopic (exact) mass is 221 g/mol. The van der Waals surface area contributed by atoms with Crippen LogP contribution in [-0.2, 0) is 13.0 Å². The van der Waals surface area contributed by atoms with Crippen molar-refractivity contribution in [2.24, 2.45) is 0 Å². The molecule has 0 radical (unpaired) electrons. The SMILES string of the molecule is CCc1nnnn1Cc1ncc(C(C)C)o1. The summed E-state index contributed by atoms with van der Waals surface area (Å²) in [4.78, 5) is 4.20. The molecule has 0 spiro atoms. The van der Waals surface area contributed by atoms with Gasteiger partial charge in [0.2, 0.25) is 5.89 Å². The molecule has 0 aliphatic rings. The summed E-state index contributed by atoms with van der Waals surface area (Å²) in [6.45, 7) is 6.64. The van der Waals surface area contributed by atoms with E-state index in [1.807, 2.05) is 6.92 Å². The summed E-state index contributed by atoms with van der Waals surface area (Å²) in [6.07, 6.45) is 2.56. The van der Waals surface area contributed by atoms with E-state index in [0.29, 0.717) is 18.4 Å². The summed E-state index contributed by atoms with van der Waals surface area (Å²) < 4.78 is 7.29. The molecular weight excluding hydrogens is 206 g/mol. The molecule has 0 aliphatic carbocycles. The lowest BCUT2D eigenvalue weighted by molar-refractivity contribution is 0.415. The number of aromatic nitrogens is 5. The molecule has 6 heteroatoms. The van der Waals surface area contributed by atoms with Gasteiger partial charge < -0.3 is 4.42 Å². The van der Waals surface area contributed by atoms with Crippen LogP contribution in [0.1, 0.15) is 44.2 Å². The molecule has 0 bridgehead atoms. The molecule has 0 saturated heterocycles. The molecule has 2 heterocycles. The summed E-state index contributed by atoms with van der Waals surface area (Å²) in [5.41, 5.74) is 0. The van der Waals surface area contributed by atoms with Crippen molar-refractivity contribution in [2.75, 3.05) is 0 Å². The lowest BCUT2D eigenvalue weighted by Crippen LogP contribution is -2.06. The van der Waals surface area contributed by atoms with Crippen molar-refractivity contribution in [1.82, 2.24) is 25.2 Å². The third-order valence-electron chi connectivity index (χ3n) is 2.35. The van der Waals surface area contributed by atoms with Gasteiger partial charge in [-0.3, -0.25) is 0 Å². The van der Waals surface area contributed by atoms with E-state index in [0.717, 1.165) is 18.0 Å². The molecule has 0 saturated carbocycles. The molecule has 0 amide bonds. The molecule has 86 valence electrons. The molecule has 0 unspecified atom stereocenters. The predicted octanol–water partition coefficient (Wildman–Crippen LogP) is 1.40. The largest absolute Gasteiger partial charge is 0.443 e. The van der Waals surface area contributed by atoms with Crippen molar-refractivity contribution in [3.05, 3.63) is 23.7 Å². The molecule has 2 rings (SSSR count). The van der Waals surface area contributed by atoms with Crippen LogP contribution in [-0.4, -0.2) is 25.2 Å². The molecule has 2 aromatic heterocycles. The molecule has 0 N–H and O–H groups in total. The highest BCUT2D eigenvalue weighted by molar-refractivity contribution is 4.99. The minimum Gasteiger partial charge on any atom is -0.443 e. The van der Waals surface area contributed by atoms with Crippen LogP contribution in [0.15, 0.2) is 10.6 Å². The number of oxazole rings is 1. The van der Waals surface area contributed by atoms with Crippen LogP contribution in [0.2, 0.25) is 0 Å². The highest BCUT2D eigenvalue weighted by Crippen LogP contribution is 2.15. The Morgan fingerprint density at radius 1 is 1.44 bits per heavy atom. The predicted molar refractivity (Wildman–Crippen MR) is 56.9 cm³/mol. The fourth-order valence-electron chi connectivity index (χ4n) is 1.39. The van der Waals surface area contributed by atoms with Crippen LogP contribution in [0, 0.1) is 0 Å². The second kappa shape index (κ2) is 4.42. The van der Waals surface area contributed by atoms with Crippen molar-refractivity contribution < 1.29 is 4.42 Å². The number of hydrogen-bond acceptors (Lipinski definition) is 5. The number of hydrogen-bond donors (Lipinski definition) is 0. The molecule has 0 aliphatic heterocycles. The molecule has 16 heavy (non-hydrogen) atoms. The van der Waals surface area contributed by atoms with E-state index in [1.165, 1.54) is 0 Å². The van der Waals surface area contributed by atoms with Crippen LogP contribution in [0.5, 0.6) is 0 Å². The fraction of sp³-hybridized carbons (Fsp3) is 0.600. The second-order valence-corrected chi connectivity index (χ2v) is 3.92. The fourth-order valence-corrected chi connectivity index (χ4v) is 1.39. The van der Waals surface area contributed by atoms with Crippen LogP contribution in [0.3, 0.4) is 0 Å². The first-order chi connectivity index (χ1) is 7.70. The Kier molecular flexibility index (Phi) is 2.98. The number of nitrogens with zero attached hydrogens (tertiary/aromatic N) is 5. The van der Waals surface area contributed by atoms with Gasteiger partial charge in [-0.15, -0.1) is 5.10 Å². The maximum atomic E-state index is 5.59. The molecule has 2 aromatic rings. The van der Waals surface area contributed by atoms with Gasteiger partial charge in [-0.05, 0) is 10.4 Å². The zero-order chi connectivity index (χ0) is 11.5. The first-order valence-corrected chi connectivity index (χ1v) is 5.40. The smallest absolute Gasteiger partial charge is 0.216 e. The van der Waals surface area contributed by atoms with Crippen LogP contribution >= 0.6 is 0 Å². The molecule has 0 atom stereocenters. The van der Waals surface area contributed by atoms with E-state index < -0.39 is 0 Å². The average Bonchev–Trinajstić information content (AvgIpc) is 2.87. The van der Waals surface area contributed by atoms with Gasteiger partial charge in [-0.2, -0.15) is 0 Å². The number of rotatable bonds is 4. The van der Waals surface area contributed by atoms with Gasteiger partial charge in [0.1, 0.15) is 12.3 Å². The first-order valence-electron chi connectivity index (χ1n) is 5.40. The third kappa shape index (κ3) is 2.10. The maximum absolute atomic E-state index is 5.59. The summed E-state index contributed by atoms with van der Waals surface area (Å²) >= 11 is 0. The summed E-state index contributed by atoms with van der Waals surface area (Å²) in [5.74, 6) is 2.72. The van der Waals surface area contributed by atoms with Gasteiger partial charge in [0.25, 0.3) is 0 Å². The third-order valence-corrected chi connectivity index (χ3v) is 2.35. The van der Waals surface area contributed by atoms with E-state index in [-0.39, 0.29) is 0 Å². The Labute approximate surface area is 93.7 Å². The zero-order valence-electron chi connectivity index (χ0n) is 9.71. The Morgan fingerprint density at radius 2 is 2.25 bits per heavy atom. The lowest BCUT2D eigenvalue weighted by atomic mass is 10.2. The maximum Gasteiger partial charge on any atom is 0.216 e. The molecular formula is C10H15N5O. The molecule has 0 aromatic carbocycles. The van der Waals surface area contributed by atoms with E-state index in [1.54, 1.807) is 10.9 Å². The van der Waals surface area contributed by atoms with Crippen molar-refractivity contribution in [3.63, 3.8) is 0 Å². The van der Waals surface area contributed by atoms with E-state index in [4.69, 9.17) is 4.42 Å². The lowest BCUT2D eigenvalue weighted by Gasteiger charge is -1.99. The van der Waals surface area contributed by atoms with Gasteiger partial charge in [-0.1, -0.05) is 20.8 Å². The van der Waals surface area contributed by atoms with Crippen molar-refractivity contribution in [2.45, 2.75) is 39.7 Å². The van der Waals surface area contributed by atoms with Gasteiger partial charge in [0, 0.05) is 12.3 Å². The van der Waals surface area contributed by atoms with E-state index in [2.05, 4.69) is 34.4 Å². The highest BCUT2D eigenvalue weighted by Gasteiger charge is 2.10. The number of aryl methyl sites for hydroxylation is 1. The van der Waals surface area contributed by atoms with E-state index >= 15 is 0 Å². The highest BCUT2D eigenvalue weighted by atomic mass is 16.4. The van der Waals surface area contributed by atoms with Gasteiger partial charge in [-0.25, -0.2) is 9.67 Å². The Balaban J connectivity index is 2.14. The van der Waals surface area contributed by atoms with E-state index in [9.17, 15) is 0 Å². The number of tetrazole rings is 1. The normalized spacial score (nSPS) is 11.2. The molecule has 0 fully saturated rings. The second-order valence-electron chi connectivity index (χ2n) is 3.92. The standard InChI is InChI=1S/C10H15N5O/c1-4-9-12-13-14-15(9)6-10-11-5-8(16-10)7(2)3/h5,7H,4,6H2,1-3H3. The molecule has 6 nitrogen and oxygen atoms in total. The quantitative estimate of drug-likeness (QED) is 0.780.